The Morgan fingerprint density at radius 2 is 1.34 bits per heavy atom. The third-order valence-corrected chi connectivity index (χ3v) is 12.9. The van der Waals surface area contributed by atoms with E-state index in [2.05, 4.69) is 70.1 Å². The number of hydrogen-bond acceptors (Lipinski definition) is 12. The molecule has 0 saturated carbocycles. The number of anilines is 2. The van der Waals surface area contributed by atoms with E-state index in [0.29, 0.717) is 69.6 Å². The minimum atomic E-state index is -0.881. The summed E-state index contributed by atoms with van der Waals surface area (Å²) in [4.78, 5) is 44.5. The summed E-state index contributed by atoms with van der Waals surface area (Å²) in [7, 11) is 8.10. The molecule has 0 radical (unpaired) electrons. The van der Waals surface area contributed by atoms with Gasteiger partial charge < -0.3 is 44.1 Å². The van der Waals surface area contributed by atoms with Gasteiger partial charge in [-0.3, -0.25) is 8.80 Å². The molecule has 0 aliphatic carbocycles. The van der Waals surface area contributed by atoms with Crippen LogP contribution in [0.1, 0.15) is 71.4 Å². The number of ether oxygens (including phenoxy) is 3. The lowest BCUT2D eigenvalue weighted by Crippen LogP contribution is -2.38. The van der Waals surface area contributed by atoms with E-state index < -0.39 is 29.4 Å². The van der Waals surface area contributed by atoms with E-state index in [-0.39, 0.29) is 37.3 Å². The zero-order valence-corrected chi connectivity index (χ0v) is 43.9. The van der Waals surface area contributed by atoms with Crippen molar-refractivity contribution in [3.63, 3.8) is 0 Å². The second kappa shape index (κ2) is 21.4. The molecule has 390 valence electrons. The van der Waals surface area contributed by atoms with E-state index in [4.69, 9.17) is 32.3 Å². The maximum atomic E-state index is 15.2. The van der Waals surface area contributed by atoms with Gasteiger partial charge in [0.25, 0.3) is 11.6 Å². The second-order valence-corrected chi connectivity index (χ2v) is 20.3. The van der Waals surface area contributed by atoms with Gasteiger partial charge in [-0.2, -0.15) is 0 Å². The number of fused-ring (bicyclic) bond motifs is 4. The van der Waals surface area contributed by atoms with Gasteiger partial charge >= 0.3 is 6.09 Å². The number of carbonyl (C=O) groups excluding carboxylic acids is 1. The molecule has 8 aromatic rings. The highest BCUT2D eigenvalue weighted by Crippen LogP contribution is 2.39. The van der Waals surface area contributed by atoms with Gasteiger partial charge in [-0.05, 0) is 120 Å². The van der Waals surface area contributed by atoms with Gasteiger partial charge in [0.15, 0.2) is 0 Å². The average Bonchev–Trinajstić information content (AvgIpc) is 4.21. The topological polar surface area (TPSA) is 156 Å². The molecule has 1 unspecified atom stereocenters. The number of benzene rings is 4. The van der Waals surface area contributed by atoms with Crippen molar-refractivity contribution in [1.29, 1.82) is 0 Å². The molecule has 0 saturated heterocycles. The lowest BCUT2D eigenvalue weighted by Gasteiger charge is -2.27. The summed E-state index contributed by atoms with van der Waals surface area (Å²) < 4.78 is 50.0. The Bertz CT molecular complexity index is 3630. The highest BCUT2D eigenvalue weighted by molar-refractivity contribution is 5.89. The fourth-order valence-corrected chi connectivity index (χ4v) is 9.60. The van der Waals surface area contributed by atoms with Gasteiger partial charge in [0, 0.05) is 73.1 Å². The average molecular weight is 1030 g/mol. The van der Waals surface area contributed by atoms with E-state index in [1.807, 2.05) is 48.1 Å². The van der Waals surface area contributed by atoms with Crippen LogP contribution in [0, 0.1) is 38.6 Å². The van der Waals surface area contributed by atoms with Crippen LogP contribution in [-0.4, -0.2) is 96.7 Å². The number of amides is 1. The molecule has 6 heterocycles. The highest BCUT2D eigenvalue weighted by Gasteiger charge is 2.32. The Labute approximate surface area is 439 Å². The Morgan fingerprint density at radius 3 is 1.92 bits per heavy atom. The van der Waals surface area contributed by atoms with Gasteiger partial charge in [0.1, 0.15) is 41.4 Å². The lowest BCUT2D eigenvalue weighted by atomic mass is 10.00. The molecule has 1 atom stereocenters. The normalized spacial score (nSPS) is 13.7. The van der Waals surface area contributed by atoms with Crippen LogP contribution in [0.3, 0.4) is 0 Å². The number of aliphatic hydroxyl groups excluding tert-OH is 1. The number of aryl methyl sites for hydroxylation is 2. The molecular formula is C57H58F2N12O5. The van der Waals surface area contributed by atoms with Crippen LogP contribution in [0.4, 0.5) is 37.1 Å². The van der Waals surface area contributed by atoms with Crippen LogP contribution in [0.15, 0.2) is 85.5 Å². The smallest absolute Gasteiger partial charge is 0.417 e. The summed E-state index contributed by atoms with van der Waals surface area (Å²) in [5.74, 6) is 1.16. The lowest BCUT2D eigenvalue weighted by molar-refractivity contribution is 0.0574. The van der Waals surface area contributed by atoms with Gasteiger partial charge in [-0.25, -0.2) is 28.4 Å². The molecule has 1 amide bonds. The molecule has 0 fully saturated rings. The van der Waals surface area contributed by atoms with Crippen LogP contribution >= 0.6 is 0 Å². The molecule has 0 bridgehead atoms. The first-order chi connectivity index (χ1) is 36.3. The van der Waals surface area contributed by atoms with Crippen molar-refractivity contribution in [2.75, 3.05) is 51.6 Å². The molecule has 76 heavy (non-hydrogen) atoms. The third kappa shape index (κ3) is 10.9. The summed E-state index contributed by atoms with van der Waals surface area (Å²) in [6.45, 7) is 26.5. The molecule has 2 aliphatic rings. The summed E-state index contributed by atoms with van der Waals surface area (Å²) >= 11 is 0. The molecule has 0 spiro atoms. The van der Waals surface area contributed by atoms with Crippen LogP contribution in [0.5, 0.6) is 11.5 Å². The molecule has 4 aromatic carbocycles. The van der Waals surface area contributed by atoms with Crippen molar-refractivity contribution < 1.29 is 32.9 Å². The maximum Gasteiger partial charge on any atom is 0.417 e. The maximum absolute atomic E-state index is 15.2. The van der Waals surface area contributed by atoms with E-state index in [1.165, 1.54) is 40.4 Å². The summed E-state index contributed by atoms with van der Waals surface area (Å²) in [5, 5.41) is 13.4. The van der Waals surface area contributed by atoms with E-state index in [1.54, 1.807) is 54.2 Å². The molecule has 4 aromatic heterocycles. The number of carbonyl (C=O) groups is 1. The molecule has 2 aliphatic heterocycles. The molecular weight excluding hydrogens is 971 g/mol. The first-order valence-corrected chi connectivity index (χ1v) is 24.6. The fraction of sp³-hybridized carbons (Fsp3) is 0.316. The standard InChI is InChI=1S/C31H33FN6O3.C26H25FN6O2/c1-19-14-20(16-36(6)7)8-9-21(19)23-15-34-29(37-18-27(33-5)35-28(23)37)38(30(39)41-31(2,3)4)17-24-22-12-13-40-26(22)11-10-25(24)32;1-15-9-16(12-32(3)4)5-6-17(15)18-10-29-26(33-13-23(28-2)31-25(18)33)30-11-19-20(27)7-8-22-24(19)21(34)14-35-22/h8-11,14-15,18H,12-13,16-17H2,1-4,6-7H3;5-10,13,21,34H,11-12,14H2,1,3-4H3,(H,29,30). The largest absolute Gasteiger partial charge is 0.493 e. The van der Waals surface area contributed by atoms with Crippen molar-refractivity contribution >= 4 is 40.9 Å². The van der Waals surface area contributed by atoms with Crippen molar-refractivity contribution in [3.8, 4) is 33.8 Å². The van der Waals surface area contributed by atoms with Crippen molar-refractivity contribution in [3.05, 3.63) is 164 Å². The Hall–Kier alpha value is -8.49. The van der Waals surface area contributed by atoms with Gasteiger partial charge in [-0.1, -0.05) is 59.5 Å². The Balaban J connectivity index is 0.000000188. The van der Waals surface area contributed by atoms with Crippen LogP contribution in [-0.2, 0) is 37.3 Å². The van der Waals surface area contributed by atoms with Gasteiger partial charge in [-0.15, -0.1) is 0 Å². The predicted octanol–water partition coefficient (Wildman–Crippen LogP) is 10.8. The summed E-state index contributed by atoms with van der Waals surface area (Å²) in [6.07, 6.45) is 5.46. The minimum absolute atomic E-state index is 0.0840. The zero-order chi connectivity index (χ0) is 54.2. The molecule has 19 heteroatoms. The molecule has 10 rings (SSSR count). The SMILES string of the molecule is [C-]#[N+]c1cn2c(N(Cc3c(F)ccc4c3CCO4)C(=O)OC(C)(C)C)ncc(-c3ccc(CN(C)C)cc3C)c2n1.[C-]#[N+]c1cn2c(NCc3c(F)ccc4c3C(O)CO4)ncc(-c3ccc(CN(C)C)cc3C)c2n1. The first-order valence-electron chi connectivity index (χ1n) is 24.6. The van der Waals surface area contributed by atoms with Crippen molar-refractivity contribution in [2.24, 2.45) is 0 Å². The Morgan fingerprint density at radius 1 is 0.776 bits per heavy atom. The number of nitrogens with zero attached hydrogens (tertiary/aromatic N) is 11. The van der Waals surface area contributed by atoms with E-state index in [0.717, 1.165) is 40.9 Å². The van der Waals surface area contributed by atoms with Crippen molar-refractivity contribution in [1.82, 2.24) is 38.5 Å². The summed E-state index contributed by atoms with van der Waals surface area (Å²) in [5.41, 5.74) is 9.93. The number of hydrogen-bond donors (Lipinski definition) is 2. The number of aliphatic hydroxyl groups is 1. The predicted molar refractivity (Wildman–Crippen MR) is 286 cm³/mol. The third-order valence-electron chi connectivity index (χ3n) is 12.9. The fourth-order valence-electron chi connectivity index (χ4n) is 9.60. The quantitative estimate of drug-likeness (QED) is 0.112. The summed E-state index contributed by atoms with van der Waals surface area (Å²) in [6, 6.07) is 18.3. The van der Waals surface area contributed by atoms with Gasteiger partial charge in [0.05, 0.1) is 24.3 Å². The zero-order valence-electron chi connectivity index (χ0n) is 43.9. The van der Waals surface area contributed by atoms with Crippen LogP contribution in [0.25, 0.3) is 43.2 Å². The number of halogens is 2. The van der Waals surface area contributed by atoms with Crippen molar-refractivity contribution in [2.45, 2.75) is 78.9 Å². The molecule has 17 nitrogen and oxygen atoms in total. The van der Waals surface area contributed by atoms with E-state index >= 15 is 4.39 Å². The minimum Gasteiger partial charge on any atom is -0.493 e. The van der Waals surface area contributed by atoms with Gasteiger partial charge in [0.2, 0.25) is 23.2 Å². The highest BCUT2D eigenvalue weighted by atomic mass is 19.1. The number of aromatic nitrogens is 6. The monoisotopic (exact) mass is 1030 g/mol. The first kappa shape index (κ1) is 52.4. The van der Waals surface area contributed by atoms with E-state index in [9.17, 15) is 14.3 Å². The Kier molecular flexibility index (Phi) is 14.7. The molecule has 2 N–H and O–H groups in total. The van der Waals surface area contributed by atoms with Crippen LogP contribution in [0.2, 0.25) is 0 Å². The number of rotatable bonds is 12. The van der Waals surface area contributed by atoms with Crippen LogP contribution < -0.4 is 19.7 Å². The number of imidazole rings is 2. The second-order valence-electron chi connectivity index (χ2n) is 20.3. The number of nitrogens with one attached hydrogen (secondary N) is 1.